The van der Waals surface area contributed by atoms with Crippen molar-refractivity contribution in [2.75, 3.05) is 19.8 Å². The van der Waals surface area contributed by atoms with Crippen LogP contribution in [0.5, 0.6) is 0 Å². The summed E-state index contributed by atoms with van der Waals surface area (Å²) in [6, 6.07) is 2.29. The molecule has 2 fully saturated rings. The highest BCUT2D eigenvalue weighted by Crippen LogP contribution is 2.43. The molecule has 1 N–H and O–H groups in total. The Morgan fingerprint density at radius 1 is 1.30 bits per heavy atom. The lowest BCUT2D eigenvalue weighted by atomic mass is 9.93. The molecule has 1 aliphatic carbocycles. The van der Waals surface area contributed by atoms with Gasteiger partial charge in [0.05, 0.1) is 11.7 Å². The highest BCUT2D eigenvalue weighted by atomic mass is 16.5. The van der Waals surface area contributed by atoms with Crippen molar-refractivity contribution in [3.63, 3.8) is 0 Å². The molecule has 0 aromatic carbocycles. The lowest BCUT2D eigenvalue weighted by molar-refractivity contribution is -0.132. The van der Waals surface area contributed by atoms with E-state index < -0.39 is 0 Å². The topological polar surface area (TPSA) is 88.4 Å². The number of ether oxygens (including phenoxy) is 1. The first kappa shape index (κ1) is 19.5. The van der Waals surface area contributed by atoms with E-state index in [4.69, 9.17) is 4.74 Å². The van der Waals surface area contributed by atoms with Crippen molar-refractivity contribution in [1.82, 2.24) is 29.5 Å². The Balaban J connectivity index is 1.44. The van der Waals surface area contributed by atoms with Gasteiger partial charge in [0.2, 0.25) is 5.91 Å². The van der Waals surface area contributed by atoms with E-state index in [0.717, 1.165) is 74.5 Å². The number of carbonyl (C=O) groups excluding carboxylic acids is 1. The van der Waals surface area contributed by atoms with Gasteiger partial charge in [-0.1, -0.05) is 13.3 Å². The fraction of sp³-hybridized carbons (Fsp3) is 0.636. The van der Waals surface area contributed by atoms with Crippen molar-refractivity contribution in [1.29, 1.82) is 0 Å². The van der Waals surface area contributed by atoms with E-state index in [1.165, 1.54) is 0 Å². The fourth-order valence-corrected chi connectivity index (χ4v) is 5.50. The maximum absolute atomic E-state index is 12.6. The van der Waals surface area contributed by atoms with Gasteiger partial charge in [-0.05, 0) is 43.6 Å². The number of nitrogens with one attached hydrogen (secondary N) is 1. The first-order chi connectivity index (χ1) is 14.7. The molecule has 1 amide bonds. The summed E-state index contributed by atoms with van der Waals surface area (Å²) in [5, 5.41) is 9.00. The SMILES string of the molecule is CC[C@@H]1C[C@H](N(CC2CCOCC2)C(C)=O)CC1c1nnc2cnc3[nH]ccc3n12. The number of nitrogens with zero attached hydrogens (tertiary/aromatic N) is 5. The summed E-state index contributed by atoms with van der Waals surface area (Å²) in [6.07, 6.45) is 8.81. The number of H-pyrrole nitrogens is 1. The van der Waals surface area contributed by atoms with Crippen molar-refractivity contribution >= 4 is 22.7 Å². The average Bonchev–Trinajstić information content (AvgIpc) is 3.48. The van der Waals surface area contributed by atoms with E-state index in [0.29, 0.717) is 11.8 Å². The smallest absolute Gasteiger partial charge is 0.219 e. The highest BCUT2D eigenvalue weighted by Gasteiger charge is 2.41. The molecule has 160 valence electrons. The Morgan fingerprint density at radius 3 is 2.90 bits per heavy atom. The molecule has 3 aromatic heterocycles. The van der Waals surface area contributed by atoms with Crippen molar-refractivity contribution in [2.24, 2.45) is 11.8 Å². The van der Waals surface area contributed by atoms with Gasteiger partial charge in [-0.15, -0.1) is 10.2 Å². The van der Waals surface area contributed by atoms with Crippen LogP contribution in [0.1, 0.15) is 57.7 Å². The van der Waals surface area contributed by atoms with Gasteiger partial charge in [-0.25, -0.2) is 4.98 Å². The molecule has 2 aliphatic rings. The van der Waals surface area contributed by atoms with E-state index in [1.807, 2.05) is 12.3 Å². The van der Waals surface area contributed by atoms with Crippen molar-refractivity contribution in [2.45, 2.75) is 57.9 Å². The molecule has 3 aromatic rings. The number of hydrogen-bond acceptors (Lipinski definition) is 5. The van der Waals surface area contributed by atoms with E-state index in [-0.39, 0.29) is 17.9 Å². The summed E-state index contributed by atoms with van der Waals surface area (Å²) in [5.74, 6) is 2.50. The first-order valence-electron chi connectivity index (χ1n) is 11.2. The minimum atomic E-state index is 0.185. The zero-order valence-electron chi connectivity index (χ0n) is 17.8. The number of fused-ring (bicyclic) bond motifs is 3. The normalized spacial score (nSPS) is 25.3. The van der Waals surface area contributed by atoms with Crippen LogP contribution in [-0.4, -0.2) is 61.2 Å². The van der Waals surface area contributed by atoms with E-state index in [9.17, 15) is 4.79 Å². The van der Waals surface area contributed by atoms with E-state index in [1.54, 1.807) is 13.1 Å². The number of carbonyl (C=O) groups is 1. The van der Waals surface area contributed by atoms with E-state index in [2.05, 4.69) is 36.4 Å². The monoisotopic (exact) mass is 410 g/mol. The van der Waals surface area contributed by atoms with Crippen molar-refractivity contribution < 1.29 is 9.53 Å². The molecule has 8 nitrogen and oxygen atoms in total. The van der Waals surface area contributed by atoms with Crippen LogP contribution < -0.4 is 0 Å². The molecule has 1 unspecified atom stereocenters. The van der Waals surface area contributed by atoms with Gasteiger partial charge in [0.15, 0.2) is 11.3 Å². The Bertz CT molecular complexity index is 1040. The van der Waals surface area contributed by atoms with E-state index >= 15 is 0 Å². The third kappa shape index (κ3) is 3.37. The minimum absolute atomic E-state index is 0.185. The molecule has 0 spiro atoms. The van der Waals surface area contributed by atoms with Gasteiger partial charge >= 0.3 is 0 Å². The minimum Gasteiger partial charge on any atom is -0.381 e. The molecular formula is C22H30N6O2. The van der Waals surface area contributed by atoms with Crippen LogP contribution in [0, 0.1) is 11.8 Å². The molecule has 3 atom stereocenters. The standard InChI is InChI=1S/C22H30N6O2/c1-3-16-10-17(27(14(2)29)13-15-5-8-30-9-6-15)11-18(16)22-26-25-20-12-24-21-19(28(20)22)4-7-23-21/h4,7,12,15-18,23H,3,5-6,8-11,13H2,1-2H3/t16-,17+,18?/m1/s1. The predicted molar refractivity (Wildman–Crippen MR) is 113 cm³/mol. The molecule has 0 radical (unpaired) electrons. The van der Waals surface area contributed by atoms with Crippen molar-refractivity contribution in [3.05, 3.63) is 24.3 Å². The number of aromatic nitrogens is 5. The fourth-order valence-electron chi connectivity index (χ4n) is 5.50. The number of rotatable bonds is 5. The second-order valence-electron chi connectivity index (χ2n) is 8.85. The average molecular weight is 411 g/mol. The zero-order chi connectivity index (χ0) is 20.7. The van der Waals surface area contributed by atoms with Gasteiger partial charge in [0.1, 0.15) is 5.82 Å². The van der Waals surface area contributed by atoms with Crippen LogP contribution in [0.15, 0.2) is 18.5 Å². The lowest BCUT2D eigenvalue weighted by Crippen LogP contribution is -2.42. The Kier molecular flexibility index (Phi) is 5.18. The Hall–Kier alpha value is -2.48. The Labute approximate surface area is 176 Å². The molecular weight excluding hydrogens is 380 g/mol. The number of amides is 1. The summed E-state index contributed by atoms with van der Waals surface area (Å²) >= 11 is 0. The summed E-state index contributed by atoms with van der Waals surface area (Å²) in [4.78, 5) is 22.3. The predicted octanol–water partition coefficient (Wildman–Crippen LogP) is 3.15. The third-order valence-corrected chi connectivity index (χ3v) is 7.13. The van der Waals surface area contributed by atoms with Gasteiger partial charge in [0.25, 0.3) is 0 Å². The third-order valence-electron chi connectivity index (χ3n) is 7.13. The van der Waals surface area contributed by atoms with Crippen LogP contribution in [-0.2, 0) is 9.53 Å². The van der Waals surface area contributed by atoms with Crippen LogP contribution >= 0.6 is 0 Å². The van der Waals surface area contributed by atoms with Gasteiger partial charge < -0.3 is 14.6 Å². The summed E-state index contributed by atoms with van der Waals surface area (Å²) in [6.45, 7) is 6.43. The largest absolute Gasteiger partial charge is 0.381 e. The van der Waals surface area contributed by atoms with Crippen LogP contribution in [0.25, 0.3) is 16.8 Å². The quantitative estimate of drug-likeness (QED) is 0.698. The lowest BCUT2D eigenvalue weighted by Gasteiger charge is -2.33. The molecule has 4 heterocycles. The maximum Gasteiger partial charge on any atom is 0.219 e. The van der Waals surface area contributed by atoms with Gasteiger partial charge in [0, 0.05) is 44.8 Å². The number of hydrogen-bond donors (Lipinski definition) is 1. The van der Waals surface area contributed by atoms with Crippen molar-refractivity contribution in [3.8, 4) is 0 Å². The summed E-state index contributed by atoms with van der Waals surface area (Å²) in [5.41, 5.74) is 2.63. The highest BCUT2D eigenvalue weighted by molar-refractivity contribution is 5.74. The van der Waals surface area contributed by atoms with Gasteiger partial charge in [-0.3, -0.25) is 9.20 Å². The molecule has 0 bridgehead atoms. The molecule has 1 saturated carbocycles. The number of aromatic amines is 1. The molecule has 5 rings (SSSR count). The molecule has 30 heavy (non-hydrogen) atoms. The first-order valence-corrected chi connectivity index (χ1v) is 11.2. The summed E-state index contributed by atoms with van der Waals surface area (Å²) in [7, 11) is 0. The Morgan fingerprint density at radius 2 is 2.13 bits per heavy atom. The second-order valence-corrected chi connectivity index (χ2v) is 8.85. The molecule has 1 aliphatic heterocycles. The van der Waals surface area contributed by atoms with Crippen LogP contribution in [0.2, 0.25) is 0 Å². The molecule has 8 heteroatoms. The molecule has 1 saturated heterocycles. The summed E-state index contributed by atoms with van der Waals surface area (Å²) < 4.78 is 7.65. The maximum atomic E-state index is 12.6. The zero-order valence-corrected chi connectivity index (χ0v) is 17.8. The van der Waals surface area contributed by atoms with Crippen LogP contribution in [0.4, 0.5) is 0 Å². The van der Waals surface area contributed by atoms with Crippen LogP contribution in [0.3, 0.4) is 0 Å². The second kappa shape index (κ2) is 7.98. The van der Waals surface area contributed by atoms with Gasteiger partial charge in [-0.2, -0.15) is 0 Å².